The van der Waals surface area contributed by atoms with Crippen LogP contribution in [0.15, 0.2) is 0 Å². The lowest BCUT2D eigenvalue weighted by molar-refractivity contribution is -0.115. The van der Waals surface area contributed by atoms with Crippen molar-refractivity contribution in [2.75, 3.05) is 11.5 Å². The van der Waals surface area contributed by atoms with Crippen LogP contribution in [0.2, 0.25) is 0 Å². The highest BCUT2D eigenvalue weighted by Crippen LogP contribution is 2.50. The molecule has 0 aromatic carbocycles. The molecule has 0 aromatic heterocycles. The highest BCUT2D eigenvalue weighted by molar-refractivity contribution is 7.93. The van der Waals surface area contributed by atoms with E-state index < -0.39 is 15.3 Å². The second kappa shape index (κ2) is 1.86. The van der Waals surface area contributed by atoms with Gasteiger partial charge in [0.1, 0.15) is 6.29 Å². The molecule has 1 heterocycles. The van der Waals surface area contributed by atoms with Crippen molar-refractivity contribution in [2.24, 2.45) is 11.3 Å². The first-order valence-electron chi connectivity index (χ1n) is 3.75. The number of sulfone groups is 1. The normalized spacial score (nSPS) is 32.4. The van der Waals surface area contributed by atoms with Crippen LogP contribution < -0.4 is 0 Å². The molecular formula is C7H10O3S. The van der Waals surface area contributed by atoms with Gasteiger partial charge in [0.25, 0.3) is 0 Å². The van der Waals surface area contributed by atoms with E-state index in [1.807, 2.05) is 0 Å². The molecule has 3 nitrogen and oxygen atoms in total. The van der Waals surface area contributed by atoms with Crippen LogP contribution >= 0.6 is 0 Å². The van der Waals surface area contributed by atoms with Crippen LogP contribution in [0, 0.1) is 11.3 Å². The van der Waals surface area contributed by atoms with Gasteiger partial charge in [-0.2, -0.15) is 0 Å². The molecule has 0 bridgehead atoms. The second-order valence-electron chi connectivity index (χ2n) is 3.66. The summed E-state index contributed by atoms with van der Waals surface area (Å²) < 4.78 is 21.7. The zero-order valence-electron chi connectivity index (χ0n) is 6.12. The minimum atomic E-state index is -2.84. The third kappa shape index (κ3) is 1.00. The molecule has 0 spiro atoms. The molecule has 2 aliphatic rings. The quantitative estimate of drug-likeness (QED) is 0.554. The Morgan fingerprint density at radius 1 is 1.27 bits per heavy atom. The van der Waals surface area contributed by atoms with E-state index in [-0.39, 0.29) is 11.5 Å². The maximum atomic E-state index is 10.8. The fraction of sp³-hybridized carbons (Fsp3) is 0.857. The van der Waals surface area contributed by atoms with Crippen molar-refractivity contribution in [3.05, 3.63) is 0 Å². The molecule has 62 valence electrons. The van der Waals surface area contributed by atoms with Crippen molar-refractivity contribution >= 4 is 16.1 Å². The molecule has 2 rings (SSSR count). The van der Waals surface area contributed by atoms with Gasteiger partial charge >= 0.3 is 0 Å². The van der Waals surface area contributed by atoms with Crippen LogP contribution in [-0.2, 0) is 14.6 Å². The Kier molecular flexibility index (Phi) is 1.23. The summed E-state index contributed by atoms with van der Waals surface area (Å²) >= 11 is 0. The molecule has 0 N–H and O–H groups in total. The Morgan fingerprint density at radius 2 is 1.82 bits per heavy atom. The topological polar surface area (TPSA) is 51.2 Å². The van der Waals surface area contributed by atoms with Crippen molar-refractivity contribution in [3.8, 4) is 0 Å². The summed E-state index contributed by atoms with van der Waals surface area (Å²) in [5.41, 5.74) is -0.459. The minimum Gasteiger partial charge on any atom is -0.303 e. The summed E-state index contributed by atoms with van der Waals surface area (Å²) in [7, 11) is -2.84. The van der Waals surface area contributed by atoms with Crippen LogP contribution in [0.1, 0.15) is 12.8 Å². The average Bonchev–Trinajstić information content (AvgIpc) is 2.62. The van der Waals surface area contributed by atoms with Gasteiger partial charge in [-0.05, 0) is 18.8 Å². The molecule has 0 amide bonds. The van der Waals surface area contributed by atoms with Crippen molar-refractivity contribution in [2.45, 2.75) is 12.8 Å². The fourth-order valence-electron chi connectivity index (χ4n) is 1.83. The van der Waals surface area contributed by atoms with E-state index >= 15 is 0 Å². The molecule has 0 atom stereocenters. The number of rotatable bonds is 2. The third-order valence-corrected chi connectivity index (χ3v) is 4.56. The van der Waals surface area contributed by atoms with Gasteiger partial charge in [0, 0.05) is 0 Å². The zero-order valence-corrected chi connectivity index (χ0v) is 6.93. The van der Waals surface area contributed by atoms with E-state index in [2.05, 4.69) is 0 Å². The lowest BCUT2D eigenvalue weighted by atomic mass is 9.88. The Balaban J connectivity index is 2.18. The molecule has 0 unspecified atom stereocenters. The monoisotopic (exact) mass is 174 g/mol. The first kappa shape index (κ1) is 7.28. The van der Waals surface area contributed by atoms with E-state index in [1.165, 1.54) is 0 Å². The van der Waals surface area contributed by atoms with E-state index in [4.69, 9.17) is 0 Å². The fourth-order valence-corrected chi connectivity index (χ4v) is 4.00. The molecular weight excluding hydrogens is 164 g/mol. The van der Waals surface area contributed by atoms with Crippen LogP contribution in [0.5, 0.6) is 0 Å². The molecule has 11 heavy (non-hydrogen) atoms. The second-order valence-corrected chi connectivity index (χ2v) is 5.72. The molecule has 1 aliphatic carbocycles. The van der Waals surface area contributed by atoms with Gasteiger partial charge in [-0.25, -0.2) is 8.42 Å². The highest BCUT2D eigenvalue weighted by atomic mass is 32.2. The van der Waals surface area contributed by atoms with E-state index in [1.54, 1.807) is 0 Å². The van der Waals surface area contributed by atoms with Crippen molar-refractivity contribution < 1.29 is 13.2 Å². The van der Waals surface area contributed by atoms with Gasteiger partial charge < -0.3 is 4.79 Å². The lowest BCUT2D eigenvalue weighted by Crippen LogP contribution is -2.51. The van der Waals surface area contributed by atoms with Crippen LogP contribution in [0.3, 0.4) is 0 Å². The molecule has 1 saturated heterocycles. The number of carbonyl (C=O) groups is 1. The summed E-state index contributed by atoms with van der Waals surface area (Å²) in [4.78, 5) is 10.6. The summed E-state index contributed by atoms with van der Waals surface area (Å²) in [6, 6.07) is 0. The third-order valence-electron chi connectivity index (χ3n) is 2.60. The van der Waals surface area contributed by atoms with Crippen LogP contribution in [0.4, 0.5) is 0 Å². The summed E-state index contributed by atoms with van der Waals surface area (Å²) in [6.45, 7) is 0. The van der Waals surface area contributed by atoms with Crippen molar-refractivity contribution in [1.29, 1.82) is 0 Å². The predicted molar refractivity (Wildman–Crippen MR) is 39.9 cm³/mol. The highest BCUT2D eigenvalue weighted by Gasteiger charge is 2.56. The molecule has 0 aromatic rings. The summed E-state index contributed by atoms with van der Waals surface area (Å²) in [6.07, 6.45) is 2.92. The molecule has 1 saturated carbocycles. The van der Waals surface area contributed by atoms with E-state index in [0.717, 1.165) is 19.1 Å². The lowest BCUT2D eigenvalue weighted by Gasteiger charge is -2.36. The average molecular weight is 174 g/mol. The zero-order chi connectivity index (χ0) is 8.11. The summed E-state index contributed by atoms with van der Waals surface area (Å²) in [5, 5.41) is 0. The Labute approximate surface area is 65.7 Å². The molecule has 2 fully saturated rings. The maximum absolute atomic E-state index is 10.8. The van der Waals surface area contributed by atoms with Gasteiger partial charge in [-0.15, -0.1) is 0 Å². The molecule has 0 radical (unpaired) electrons. The van der Waals surface area contributed by atoms with Gasteiger partial charge in [-0.1, -0.05) is 0 Å². The van der Waals surface area contributed by atoms with E-state index in [9.17, 15) is 13.2 Å². The van der Waals surface area contributed by atoms with Gasteiger partial charge in [-0.3, -0.25) is 0 Å². The Hall–Kier alpha value is -0.380. The molecule has 4 heteroatoms. The van der Waals surface area contributed by atoms with Crippen LogP contribution in [0.25, 0.3) is 0 Å². The summed E-state index contributed by atoms with van der Waals surface area (Å²) in [5.74, 6) is 0.589. The van der Waals surface area contributed by atoms with Crippen LogP contribution in [-0.4, -0.2) is 26.2 Å². The first-order chi connectivity index (χ1) is 5.08. The Morgan fingerprint density at radius 3 is 2.09 bits per heavy atom. The van der Waals surface area contributed by atoms with E-state index in [0.29, 0.717) is 5.92 Å². The van der Waals surface area contributed by atoms with Crippen molar-refractivity contribution in [3.63, 3.8) is 0 Å². The number of hydrogen-bond donors (Lipinski definition) is 0. The van der Waals surface area contributed by atoms with Gasteiger partial charge in [0.05, 0.1) is 16.9 Å². The largest absolute Gasteiger partial charge is 0.303 e. The molecule has 1 aliphatic heterocycles. The predicted octanol–water partition coefficient (Wildman–Crippen LogP) is 0.0101. The van der Waals surface area contributed by atoms with Gasteiger partial charge in [0.15, 0.2) is 9.84 Å². The standard InChI is InChI=1S/C7H10O3S/c8-3-7(6-1-2-6)4-11(9,10)5-7/h3,6H,1-2,4-5H2. The number of aldehydes is 1. The number of hydrogen-bond acceptors (Lipinski definition) is 3. The van der Waals surface area contributed by atoms with Gasteiger partial charge in [0.2, 0.25) is 0 Å². The number of carbonyl (C=O) groups excluding carboxylic acids is 1. The minimum absolute atomic E-state index is 0.105. The smallest absolute Gasteiger partial charge is 0.152 e. The maximum Gasteiger partial charge on any atom is 0.152 e. The SMILES string of the molecule is O=CC1(C2CC2)CS(=O)(=O)C1. The van der Waals surface area contributed by atoms with Crippen molar-refractivity contribution in [1.82, 2.24) is 0 Å². The first-order valence-corrected chi connectivity index (χ1v) is 5.57. The Bertz CT molecular complexity index is 275.